The molecular weight excluding hydrogens is 258 g/mol. The van der Waals surface area contributed by atoms with Gasteiger partial charge in [0, 0.05) is 37.8 Å². The molecule has 1 aromatic rings. The summed E-state index contributed by atoms with van der Waals surface area (Å²) in [6, 6.07) is 10.0. The van der Waals surface area contributed by atoms with Crippen molar-refractivity contribution in [3.05, 3.63) is 35.4 Å². The molecule has 0 radical (unpaired) electrons. The van der Waals surface area contributed by atoms with E-state index in [0.29, 0.717) is 6.04 Å². The summed E-state index contributed by atoms with van der Waals surface area (Å²) in [4.78, 5) is 5.33. The van der Waals surface area contributed by atoms with Crippen molar-refractivity contribution in [2.45, 2.75) is 51.2 Å². The maximum Gasteiger partial charge on any atom is 0.0500 e. The van der Waals surface area contributed by atoms with Crippen molar-refractivity contribution in [2.75, 3.05) is 26.2 Å². The highest BCUT2D eigenvalue weighted by atomic mass is 15.3. The third kappa shape index (κ3) is 3.15. The van der Waals surface area contributed by atoms with E-state index in [1.54, 1.807) is 0 Å². The zero-order valence-corrected chi connectivity index (χ0v) is 13.5. The summed E-state index contributed by atoms with van der Waals surface area (Å²) in [6.07, 6.45) is 4.13. The van der Waals surface area contributed by atoms with Crippen molar-refractivity contribution in [1.82, 2.24) is 9.80 Å². The summed E-state index contributed by atoms with van der Waals surface area (Å²) in [5.74, 6) is 0. The Morgan fingerprint density at radius 1 is 1.14 bits per heavy atom. The average molecular weight is 287 g/mol. The highest BCUT2D eigenvalue weighted by Gasteiger charge is 2.34. The molecule has 0 bridgehead atoms. The van der Waals surface area contributed by atoms with Crippen LogP contribution in [0.2, 0.25) is 0 Å². The van der Waals surface area contributed by atoms with Crippen LogP contribution in [0.25, 0.3) is 0 Å². The van der Waals surface area contributed by atoms with Gasteiger partial charge < -0.3 is 5.73 Å². The first-order valence-electron chi connectivity index (χ1n) is 8.46. The number of rotatable bonds is 3. The molecule has 1 aromatic carbocycles. The van der Waals surface area contributed by atoms with Gasteiger partial charge in [-0.25, -0.2) is 0 Å². The SMILES string of the molecule is Cc1ccccc1C(C(C)N)N1CCN2CCCCC2C1. The number of aryl methyl sites for hydroxylation is 1. The molecule has 2 aliphatic heterocycles. The first-order valence-corrected chi connectivity index (χ1v) is 8.46. The Morgan fingerprint density at radius 2 is 1.95 bits per heavy atom. The highest BCUT2D eigenvalue weighted by Crippen LogP contribution is 2.30. The molecule has 3 unspecified atom stereocenters. The van der Waals surface area contributed by atoms with Crippen molar-refractivity contribution in [3.63, 3.8) is 0 Å². The van der Waals surface area contributed by atoms with Crippen LogP contribution in [0.4, 0.5) is 0 Å². The summed E-state index contributed by atoms with van der Waals surface area (Å²) >= 11 is 0. The van der Waals surface area contributed by atoms with Gasteiger partial charge >= 0.3 is 0 Å². The fourth-order valence-electron chi connectivity index (χ4n) is 4.16. The standard InChI is InChI=1S/C18H29N3/c1-14-7-3-4-9-17(14)18(15(2)19)21-12-11-20-10-6-5-8-16(20)13-21/h3-4,7,9,15-16,18H,5-6,8,10-13,19H2,1-2H3. The molecular formula is C18H29N3. The van der Waals surface area contributed by atoms with E-state index >= 15 is 0 Å². The van der Waals surface area contributed by atoms with E-state index in [0.717, 1.165) is 12.6 Å². The fourth-order valence-corrected chi connectivity index (χ4v) is 4.16. The van der Waals surface area contributed by atoms with Crippen LogP contribution in [0.3, 0.4) is 0 Å². The number of nitrogens with zero attached hydrogens (tertiary/aromatic N) is 2. The second-order valence-corrected chi connectivity index (χ2v) is 6.84. The lowest BCUT2D eigenvalue weighted by Gasteiger charge is -2.47. The fraction of sp³-hybridized carbons (Fsp3) is 0.667. The van der Waals surface area contributed by atoms with E-state index in [2.05, 4.69) is 47.9 Å². The lowest BCUT2D eigenvalue weighted by atomic mass is 9.92. The summed E-state index contributed by atoms with van der Waals surface area (Å²) in [6.45, 7) is 9.20. The molecule has 3 nitrogen and oxygen atoms in total. The monoisotopic (exact) mass is 287 g/mol. The molecule has 0 saturated carbocycles. The van der Waals surface area contributed by atoms with Crippen LogP contribution in [0, 0.1) is 6.92 Å². The Morgan fingerprint density at radius 3 is 2.71 bits per heavy atom. The Bertz CT molecular complexity index is 471. The van der Waals surface area contributed by atoms with Gasteiger partial charge in [0.1, 0.15) is 0 Å². The number of fused-ring (bicyclic) bond motifs is 1. The zero-order valence-electron chi connectivity index (χ0n) is 13.5. The molecule has 2 N–H and O–H groups in total. The molecule has 3 rings (SSSR count). The van der Waals surface area contributed by atoms with Crippen molar-refractivity contribution < 1.29 is 0 Å². The van der Waals surface area contributed by atoms with Crippen LogP contribution in [-0.2, 0) is 0 Å². The lowest BCUT2D eigenvalue weighted by Crippen LogP contribution is -2.57. The third-order valence-corrected chi connectivity index (χ3v) is 5.27. The van der Waals surface area contributed by atoms with Crippen LogP contribution < -0.4 is 5.73 Å². The van der Waals surface area contributed by atoms with E-state index in [1.807, 2.05) is 0 Å². The van der Waals surface area contributed by atoms with E-state index in [4.69, 9.17) is 5.73 Å². The summed E-state index contributed by atoms with van der Waals surface area (Å²) in [5.41, 5.74) is 9.16. The van der Waals surface area contributed by atoms with Gasteiger partial charge in [-0.2, -0.15) is 0 Å². The molecule has 2 saturated heterocycles. The summed E-state index contributed by atoms with van der Waals surface area (Å²) in [5, 5.41) is 0. The summed E-state index contributed by atoms with van der Waals surface area (Å²) in [7, 11) is 0. The van der Waals surface area contributed by atoms with Gasteiger partial charge in [-0.05, 0) is 44.4 Å². The number of piperazine rings is 1. The number of nitrogens with two attached hydrogens (primary N) is 1. The predicted molar refractivity (Wildman–Crippen MR) is 88.4 cm³/mol. The molecule has 21 heavy (non-hydrogen) atoms. The lowest BCUT2D eigenvalue weighted by molar-refractivity contribution is 0.0218. The Balaban J connectivity index is 1.80. The molecule has 0 amide bonds. The second-order valence-electron chi connectivity index (χ2n) is 6.84. The van der Waals surface area contributed by atoms with E-state index in [9.17, 15) is 0 Å². The number of hydrogen-bond acceptors (Lipinski definition) is 3. The van der Waals surface area contributed by atoms with Crippen molar-refractivity contribution in [2.24, 2.45) is 5.73 Å². The first kappa shape index (κ1) is 15.0. The predicted octanol–water partition coefficient (Wildman–Crippen LogP) is 2.55. The minimum absolute atomic E-state index is 0.168. The van der Waals surface area contributed by atoms with Gasteiger partial charge in [0.25, 0.3) is 0 Å². The van der Waals surface area contributed by atoms with Gasteiger partial charge in [-0.3, -0.25) is 9.80 Å². The molecule has 3 heteroatoms. The van der Waals surface area contributed by atoms with Crippen LogP contribution in [0.5, 0.6) is 0 Å². The minimum atomic E-state index is 0.168. The second kappa shape index (κ2) is 6.47. The van der Waals surface area contributed by atoms with Crippen LogP contribution in [-0.4, -0.2) is 48.1 Å². The number of benzene rings is 1. The van der Waals surface area contributed by atoms with E-state index in [-0.39, 0.29) is 6.04 Å². The third-order valence-electron chi connectivity index (χ3n) is 5.27. The van der Waals surface area contributed by atoms with E-state index in [1.165, 1.54) is 50.0 Å². The molecule has 3 atom stereocenters. The Kier molecular flexibility index (Phi) is 4.63. The van der Waals surface area contributed by atoms with Crippen molar-refractivity contribution >= 4 is 0 Å². The van der Waals surface area contributed by atoms with Gasteiger partial charge in [0.15, 0.2) is 0 Å². The zero-order chi connectivity index (χ0) is 14.8. The molecule has 0 spiro atoms. The molecule has 116 valence electrons. The minimum Gasteiger partial charge on any atom is -0.326 e. The maximum absolute atomic E-state index is 6.38. The highest BCUT2D eigenvalue weighted by molar-refractivity contribution is 5.30. The normalized spacial score (nSPS) is 27.1. The van der Waals surface area contributed by atoms with Crippen LogP contribution in [0.1, 0.15) is 43.4 Å². The van der Waals surface area contributed by atoms with Crippen LogP contribution >= 0.6 is 0 Å². The van der Waals surface area contributed by atoms with Crippen molar-refractivity contribution in [3.8, 4) is 0 Å². The molecule has 2 aliphatic rings. The summed E-state index contributed by atoms with van der Waals surface area (Å²) < 4.78 is 0. The molecule has 2 fully saturated rings. The maximum atomic E-state index is 6.38. The number of hydrogen-bond donors (Lipinski definition) is 1. The molecule has 0 aromatic heterocycles. The first-order chi connectivity index (χ1) is 10.2. The van der Waals surface area contributed by atoms with Gasteiger partial charge in [0.05, 0.1) is 0 Å². The molecule has 2 heterocycles. The topological polar surface area (TPSA) is 32.5 Å². The van der Waals surface area contributed by atoms with Gasteiger partial charge in [-0.15, -0.1) is 0 Å². The van der Waals surface area contributed by atoms with E-state index < -0.39 is 0 Å². The molecule has 0 aliphatic carbocycles. The van der Waals surface area contributed by atoms with Gasteiger partial charge in [0.2, 0.25) is 0 Å². The average Bonchev–Trinajstić information content (AvgIpc) is 2.49. The largest absolute Gasteiger partial charge is 0.326 e. The smallest absolute Gasteiger partial charge is 0.0500 e. The Labute approximate surface area is 129 Å². The van der Waals surface area contributed by atoms with Crippen molar-refractivity contribution in [1.29, 1.82) is 0 Å². The van der Waals surface area contributed by atoms with Gasteiger partial charge in [-0.1, -0.05) is 30.7 Å². The van der Waals surface area contributed by atoms with Crippen LogP contribution in [0.15, 0.2) is 24.3 Å². The quantitative estimate of drug-likeness (QED) is 0.927. The number of piperidine rings is 1. The Hall–Kier alpha value is -0.900.